The summed E-state index contributed by atoms with van der Waals surface area (Å²) in [5.74, 6) is 0.0237. The molecule has 0 saturated carbocycles. The van der Waals surface area contributed by atoms with Gasteiger partial charge < -0.3 is 10.2 Å². The van der Waals surface area contributed by atoms with Crippen molar-refractivity contribution in [1.82, 2.24) is 0 Å². The van der Waals surface area contributed by atoms with Gasteiger partial charge in [-0.1, -0.05) is 94.2 Å². The highest BCUT2D eigenvalue weighted by molar-refractivity contribution is 5.80. The van der Waals surface area contributed by atoms with Crippen molar-refractivity contribution < 1.29 is 24.8 Å². The first kappa shape index (κ1) is 48.9. The van der Waals surface area contributed by atoms with Gasteiger partial charge in [0.2, 0.25) is 0 Å². The molecule has 0 amide bonds. The molecule has 0 aliphatic heterocycles. The summed E-state index contributed by atoms with van der Waals surface area (Å²) in [6, 6.07) is 7.64. The van der Waals surface area contributed by atoms with E-state index in [0.717, 1.165) is 24.5 Å². The number of carbonyl (C=O) groups excluding carboxylic acids is 1. The van der Waals surface area contributed by atoms with Crippen LogP contribution >= 0.6 is 0 Å². The Labute approximate surface area is 241 Å². The van der Waals surface area contributed by atoms with Gasteiger partial charge in [-0.05, 0) is 59.1 Å². The number of aliphatic hydroxyl groups excluding tert-OH is 2. The van der Waals surface area contributed by atoms with Gasteiger partial charge in [0.1, 0.15) is 0 Å². The van der Waals surface area contributed by atoms with Crippen LogP contribution in [0.4, 0.5) is 0 Å². The largest absolute Gasteiger partial charge is 0.394 e. The highest BCUT2D eigenvalue weighted by atomic mass is 17.2. The van der Waals surface area contributed by atoms with Crippen LogP contribution in [-0.4, -0.2) is 29.4 Å². The lowest BCUT2D eigenvalue weighted by Gasteiger charge is -2.08. The van der Waals surface area contributed by atoms with Crippen LogP contribution in [0.1, 0.15) is 85.6 Å². The monoisotopic (exact) mass is 548 g/mol. The van der Waals surface area contributed by atoms with Gasteiger partial charge >= 0.3 is 5.97 Å². The minimum absolute atomic E-state index is 0.125. The predicted molar refractivity (Wildman–Crippen MR) is 174 cm³/mol. The number of benzene rings is 1. The number of allylic oxidation sites excluding steroid dienone is 5. The summed E-state index contributed by atoms with van der Waals surface area (Å²) in [6.07, 6.45) is 18.3. The van der Waals surface area contributed by atoms with Crippen LogP contribution in [0.5, 0.6) is 5.75 Å². The molecule has 0 heterocycles. The van der Waals surface area contributed by atoms with Gasteiger partial charge in [-0.2, -0.15) is 0 Å². The quantitative estimate of drug-likeness (QED) is 0.0946. The summed E-state index contributed by atoms with van der Waals surface area (Å²) in [4.78, 5) is 20.7. The smallest absolute Gasteiger partial charge is 0.378 e. The number of para-hydroxylation sites is 1. The van der Waals surface area contributed by atoms with E-state index in [0.29, 0.717) is 5.75 Å². The van der Waals surface area contributed by atoms with E-state index in [1.54, 1.807) is 30.4 Å². The van der Waals surface area contributed by atoms with Crippen LogP contribution < -0.4 is 4.89 Å². The average molecular weight is 549 g/mol. The zero-order chi connectivity index (χ0) is 31.6. The molecular weight excluding hydrogens is 488 g/mol. The average Bonchev–Trinajstić information content (AvgIpc) is 2.92. The summed E-state index contributed by atoms with van der Waals surface area (Å²) in [5, 5.41) is 15.2. The highest BCUT2D eigenvalue weighted by Crippen LogP contribution is 2.21. The molecule has 1 aromatic rings. The van der Waals surface area contributed by atoms with E-state index in [4.69, 9.17) is 15.1 Å². The number of unbranched alkanes of at least 4 members (excludes halogenated alkanes) is 5. The van der Waals surface area contributed by atoms with Crippen molar-refractivity contribution in [3.05, 3.63) is 106 Å². The van der Waals surface area contributed by atoms with Crippen molar-refractivity contribution in [2.75, 3.05) is 13.2 Å². The van der Waals surface area contributed by atoms with Crippen LogP contribution in [0, 0.1) is 0 Å². The van der Waals surface area contributed by atoms with Crippen LogP contribution in [0.2, 0.25) is 0 Å². The Kier molecular flexibility index (Phi) is 69.4. The molecule has 0 aliphatic carbocycles. The third-order valence-corrected chi connectivity index (χ3v) is 3.25. The second kappa shape index (κ2) is 55.4. The molecule has 226 valence electrons. The maximum atomic E-state index is 11.0. The van der Waals surface area contributed by atoms with E-state index in [1.165, 1.54) is 32.1 Å². The number of aliphatic hydroxyl groups is 2. The molecule has 0 spiro atoms. The molecule has 0 fully saturated rings. The van der Waals surface area contributed by atoms with E-state index < -0.39 is 5.97 Å². The van der Waals surface area contributed by atoms with E-state index in [1.807, 2.05) is 58.9 Å². The highest BCUT2D eigenvalue weighted by Gasteiger charge is 2.06. The van der Waals surface area contributed by atoms with Gasteiger partial charge in [-0.3, -0.25) is 4.89 Å². The number of aryl methyl sites for hydroxylation is 1. The molecule has 0 radical (unpaired) electrons. The minimum Gasteiger partial charge on any atom is -0.394 e. The molecule has 5 heteroatoms. The van der Waals surface area contributed by atoms with Gasteiger partial charge in [0.25, 0.3) is 0 Å². The third kappa shape index (κ3) is 66.1. The van der Waals surface area contributed by atoms with Crippen LogP contribution in [0.25, 0.3) is 0 Å². The van der Waals surface area contributed by atoms with Crippen molar-refractivity contribution in [1.29, 1.82) is 0 Å². The number of rotatable bonds is 11. The topological polar surface area (TPSA) is 76.0 Å². The molecule has 2 N–H and O–H groups in total. The zero-order valence-electron chi connectivity index (χ0n) is 26.0. The Bertz CT molecular complexity index is 614. The van der Waals surface area contributed by atoms with Crippen LogP contribution in [-0.2, 0) is 16.1 Å². The number of carbonyl (C=O) groups is 1. The predicted octanol–water partition coefficient (Wildman–Crippen LogP) is 9.55. The second-order valence-corrected chi connectivity index (χ2v) is 7.30. The Morgan fingerprint density at radius 2 is 1.10 bits per heavy atom. The number of hydrogen-bond acceptors (Lipinski definition) is 5. The van der Waals surface area contributed by atoms with Gasteiger partial charge in [-0.15, -0.1) is 32.9 Å². The van der Waals surface area contributed by atoms with Crippen LogP contribution in [0.15, 0.2) is 100 Å². The molecule has 1 rings (SSSR count). The van der Waals surface area contributed by atoms with Crippen molar-refractivity contribution in [3.63, 3.8) is 0 Å². The normalized spacial score (nSPS) is 7.59. The Morgan fingerprint density at radius 3 is 1.49 bits per heavy atom. The summed E-state index contributed by atoms with van der Waals surface area (Å²) in [7, 11) is 0. The van der Waals surface area contributed by atoms with Gasteiger partial charge in [-0.25, -0.2) is 9.68 Å². The molecule has 39 heavy (non-hydrogen) atoms. The Hall–Kier alpha value is -3.15. The number of hydrogen-bond donors (Lipinski definition) is 2. The van der Waals surface area contributed by atoms with E-state index >= 15 is 0 Å². The first-order valence-electron chi connectivity index (χ1n) is 13.4. The lowest BCUT2D eigenvalue weighted by molar-refractivity contribution is -0.207. The lowest BCUT2D eigenvalue weighted by atomic mass is 10.0. The van der Waals surface area contributed by atoms with Gasteiger partial charge in [0.05, 0.1) is 13.2 Å². The first-order chi connectivity index (χ1) is 18.8. The summed E-state index contributed by atoms with van der Waals surface area (Å²) < 4.78 is 0. The fraction of sp³-hybridized carbons (Fsp3) is 0.441. The third-order valence-electron chi connectivity index (χ3n) is 3.25. The zero-order valence-corrected chi connectivity index (χ0v) is 26.0. The fourth-order valence-corrected chi connectivity index (χ4v) is 2.01. The summed E-state index contributed by atoms with van der Waals surface area (Å²) in [6.45, 7) is 31.5. The minimum atomic E-state index is -0.584. The molecule has 5 nitrogen and oxygen atoms in total. The fourth-order valence-electron chi connectivity index (χ4n) is 2.01. The maximum absolute atomic E-state index is 11.0. The summed E-state index contributed by atoms with van der Waals surface area (Å²) in [5.41, 5.74) is 1.07. The van der Waals surface area contributed by atoms with Gasteiger partial charge in [0.15, 0.2) is 5.75 Å². The first-order valence-corrected chi connectivity index (χ1v) is 13.4. The lowest BCUT2D eigenvalue weighted by Crippen LogP contribution is -2.05. The SMILES string of the molecule is C=CC.C=CC.C=CC.C=CC.C=CC.C=CC(=O)OOc1ccccc1CCCCCCCC.OCCO. The van der Waals surface area contributed by atoms with Crippen molar-refractivity contribution in [3.8, 4) is 5.75 Å². The standard InChI is InChI=1S/C17H24O3.5C3H6.C2H6O2/c1-3-5-6-7-8-9-12-15-13-10-11-14-16(15)19-20-17(18)4-2;5*1-3-2;3-1-2-4/h4,10-11,13-14H,2-3,5-9,12H2,1H3;5*3H,1H2,2H3;3-4H,1-2H2. The Balaban J connectivity index is -0.000000117. The summed E-state index contributed by atoms with van der Waals surface area (Å²) >= 11 is 0. The van der Waals surface area contributed by atoms with Crippen molar-refractivity contribution in [2.45, 2.75) is 86.5 Å². The molecule has 0 aliphatic rings. The molecule has 1 aromatic carbocycles. The van der Waals surface area contributed by atoms with E-state index in [2.05, 4.69) is 51.3 Å². The van der Waals surface area contributed by atoms with E-state index in [-0.39, 0.29) is 13.2 Å². The second-order valence-electron chi connectivity index (χ2n) is 7.30. The maximum Gasteiger partial charge on any atom is 0.378 e. The molecule has 0 atom stereocenters. The molecule has 0 unspecified atom stereocenters. The van der Waals surface area contributed by atoms with Crippen molar-refractivity contribution >= 4 is 5.97 Å². The van der Waals surface area contributed by atoms with Gasteiger partial charge in [0, 0.05) is 6.08 Å². The molecular formula is C34H60O5. The Morgan fingerprint density at radius 1 is 0.718 bits per heavy atom. The molecule has 0 saturated heterocycles. The molecule has 0 aromatic heterocycles. The molecule has 0 bridgehead atoms. The van der Waals surface area contributed by atoms with Crippen LogP contribution in [0.3, 0.4) is 0 Å². The van der Waals surface area contributed by atoms with E-state index in [9.17, 15) is 4.79 Å². The van der Waals surface area contributed by atoms with Crippen molar-refractivity contribution in [2.24, 2.45) is 0 Å².